The molecule has 0 spiro atoms. The van der Waals surface area contributed by atoms with Crippen LogP contribution in [0.5, 0.6) is 0 Å². The van der Waals surface area contributed by atoms with Crippen molar-refractivity contribution in [2.45, 2.75) is 6.04 Å². The summed E-state index contributed by atoms with van der Waals surface area (Å²) in [6.07, 6.45) is 1.09. The number of carbonyl (C=O) groups is 2. The monoisotopic (exact) mass is 420 g/mol. The topological polar surface area (TPSA) is 67.4 Å². The van der Waals surface area contributed by atoms with Gasteiger partial charge in [-0.15, -0.1) is 0 Å². The van der Waals surface area contributed by atoms with Gasteiger partial charge in [0.25, 0.3) is 5.91 Å². The van der Waals surface area contributed by atoms with Gasteiger partial charge in [-0.1, -0.05) is 66.7 Å². The molecule has 0 aliphatic rings. The summed E-state index contributed by atoms with van der Waals surface area (Å²) in [5.74, 6) is -0.263. The Balaban J connectivity index is 1.66. The first-order valence-corrected chi connectivity index (χ1v) is 9.70. The van der Waals surface area contributed by atoms with Crippen LogP contribution < -0.4 is 10.6 Å². The lowest BCUT2D eigenvalue weighted by atomic mass is 10.1. The number of amides is 2. The molecule has 30 heavy (non-hydrogen) atoms. The van der Waals surface area contributed by atoms with Gasteiger partial charge in [0.05, 0.1) is 6.04 Å². The Labute approximate surface area is 180 Å². The Hall–Kier alpha value is -3.57. The van der Waals surface area contributed by atoms with Gasteiger partial charge >= 0.3 is 6.09 Å². The molecule has 0 bridgehead atoms. The molecule has 3 aromatic rings. The Bertz CT molecular complexity index is 1000. The number of anilines is 1. The van der Waals surface area contributed by atoms with Crippen LogP contribution in [0.4, 0.5) is 10.5 Å². The van der Waals surface area contributed by atoms with Gasteiger partial charge in [-0.05, 0) is 47.5 Å². The maximum Gasteiger partial charge on any atom is 0.411 e. The molecule has 0 saturated heterocycles. The molecule has 2 amide bonds. The van der Waals surface area contributed by atoms with Gasteiger partial charge in [-0.2, -0.15) is 0 Å². The molecule has 6 heteroatoms. The first kappa shape index (κ1) is 21.1. The van der Waals surface area contributed by atoms with Gasteiger partial charge in [0.2, 0.25) is 0 Å². The molecule has 0 aromatic heterocycles. The first-order chi connectivity index (χ1) is 14.5. The molecule has 0 fully saturated rings. The molecule has 5 nitrogen and oxygen atoms in total. The SMILES string of the molecule is C=Cc1ccc(C(=O)N[C@H](COC(=O)Nc2ccc(Cl)cc2)c2ccccc2)cc1. The lowest BCUT2D eigenvalue weighted by molar-refractivity contribution is 0.0901. The minimum atomic E-state index is -0.622. The summed E-state index contributed by atoms with van der Waals surface area (Å²) in [6.45, 7) is 3.68. The van der Waals surface area contributed by atoms with E-state index in [1.165, 1.54) is 0 Å². The summed E-state index contributed by atoms with van der Waals surface area (Å²) in [6, 6.07) is 22.6. The highest BCUT2D eigenvalue weighted by molar-refractivity contribution is 6.30. The van der Waals surface area contributed by atoms with Gasteiger partial charge in [0.15, 0.2) is 0 Å². The molecule has 3 aromatic carbocycles. The smallest absolute Gasteiger partial charge is 0.411 e. The molecule has 0 aliphatic carbocycles. The summed E-state index contributed by atoms with van der Waals surface area (Å²) in [5.41, 5.74) is 2.82. The lowest BCUT2D eigenvalue weighted by Gasteiger charge is -2.19. The summed E-state index contributed by atoms with van der Waals surface area (Å²) in [5, 5.41) is 6.13. The number of nitrogens with one attached hydrogen (secondary N) is 2. The maximum absolute atomic E-state index is 12.7. The van der Waals surface area contributed by atoms with Crippen molar-refractivity contribution < 1.29 is 14.3 Å². The Kier molecular flexibility index (Phi) is 7.24. The highest BCUT2D eigenvalue weighted by atomic mass is 35.5. The van der Waals surface area contributed by atoms with Gasteiger partial charge in [0.1, 0.15) is 6.61 Å². The van der Waals surface area contributed by atoms with Crippen LogP contribution in [0, 0.1) is 0 Å². The van der Waals surface area contributed by atoms with Crippen molar-refractivity contribution in [1.29, 1.82) is 0 Å². The van der Waals surface area contributed by atoms with Crippen molar-refractivity contribution in [3.05, 3.63) is 107 Å². The predicted molar refractivity (Wildman–Crippen MR) is 120 cm³/mol. The van der Waals surface area contributed by atoms with Gasteiger partial charge < -0.3 is 10.1 Å². The number of rotatable bonds is 7. The fourth-order valence-corrected chi connectivity index (χ4v) is 2.89. The van der Waals surface area contributed by atoms with E-state index in [-0.39, 0.29) is 12.5 Å². The van der Waals surface area contributed by atoms with Gasteiger partial charge in [-0.25, -0.2) is 4.79 Å². The molecule has 0 radical (unpaired) electrons. The molecule has 0 unspecified atom stereocenters. The molecule has 0 heterocycles. The van der Waals surface area contributed by atoms with Crippen LogP contribution in [0.25, 0.3) is 6.08 Å². The average molecular weight is 421 g/mol. The van der Waals surface area contributed by atoms with Crippen LogP contribution in [-0.2, 0) is 4.74 Å². The van der Waals surface area contributed by atoms with Crippen LogP contribution in [0.3, 0.4) is 0 Å². The average Bonchev–Trinajstić information content (AvgIpc) is 2.78. The molecule has 2 N–H and O–H groups in total. The minimum absolute atomic E-state index is 0.0279. The Morgan fingerprint density at radius 3 is 2.27 bits per heavy atom. The van der Waals surface area contributed by atoms with E-state index in [0.717, 1.165) is 11.1 Å². The largest absolute Gasteiger partial charge is 0.447 e. The number of benzene rings is 3. The van der Waals surface area contributed by atoms with Crippen molar-refractivity contribution in [3.63, 3.8) is 0 Å². The third-order valence-electron chi connectivity index (χ3n) is 4.39. The number of carbonyl (C=O) groups excluding carboxylic acids is 2. The number of halogens is 1. The molecular formula is C24H21ClN2O3. The lowest BCUT2D eigenvalue weighted by Crippen LogP contribution is -2.32. The molecule has 0 aliphatic heterocycles. The third kappa shape index (κ3) is 5.96. The van der Waals surface area contributed by atoms with Crippen LogP contribution in [0.2, 0.25) is 5.02 Å². The van der Waals surface area contributed by atoms with Crippen LogP contribution in [0.15, 0.2) is 85.4 Å². The van der Waals surface area contributed by atoms with Crippen LogP contribution >= 0.6 is 11.6 Å². The Morgan fingerprint density at radius 1 is 0.967 bits per heavy atom. The summed E-state index contributed by atoms with van der Waals surface area (Å²) in [4.78, 5) is 24.9. The predicted octanol–water partition coefficient (Wildman–Crippen LogP) is 5.70. The van der Waals surface area contributed by atoms with Crippen molar-refractivity contribution in [2.24, 2.45) is 0 Å². The minimum Gasteiger partial charge on any atom is -0.447 e. The summed E-state index contributed by atoms with van der Waals surface area (Å²) >= 11 is 5.85. The standard InChI is InChI=1S/C24H21ClN2O3/c1-2-17-8-10-19(11-9-17)23(28)27-22(18-6-4-3-5-7-18)16-30-24(29)26-21-14-12-20(25)13-15-21/h2-15,22H,1,16H2,(H,26,29)(H,27,28)/t22-/m1/s1. The van der Waals surface area contributed by atoms with E-state index in [4.69, 9.17) is 16.3 Å². The quantitative estimate of drug-likeness (QED) is 0.515. The highest BCUT2D eigenvalue weighted by Crippen LogP contribution is 2.17. The number of hydrogen-bond donors (Lipinski definition) is 2. The van der Waals surface area contributed by atoms with Gasteiger partial charge in [-0.3, -0.25) is 10.1 Å². The Morgan fingerprint density at radius 2 is 1.63 bits per heavy atom. The zero-order valence-corrected chi connectivity index (χ0v) is 16.9. The zero-order valence-electron chi connectivity index (χ0n) is 16.2. The van der Waals surface area contributed by atoms with E-state index in [1.54, 1.807) is 42.5 Å². The second-order valence-corrected chi connectivity index (χ2v) is 6.93. The van der Waals surface area contributed by atoms with E-state index >= 15 is 0 Å². The maximum atomic E-state index is 12.7. The molecule has 3 rings (SSSR count). The third-order valence-corrected chi connectivity index (χ3v) is 4.64. The normalized spacial score (nSPS) is 11.2. The van der Waals surface area contributed by atoms with Crippen molar-refractivity contribution >= 4 is 35.4 Å². The van der Waals surface area contributed by atoms with E-state index < -0.39 is 12.1 Å². The number of hydrogen-bond acceptors (Lipinski definition) is 3. The molecular weight excluding hydrogens is 400 g/mol. The second-order valence-electron chi connectivity index (χ2n) is 6.49. The second kappa shape index (κ2) is 10.3. The van der Waals surface area contributed by atoms with Crippen molar-refractivity contribution in [3.8, 4) is 0 Å². The van der Waals surface area contributed by atoms with E-state index in [0.29, 0.717) is 16.3 Å². The molecule has 0 saturated carbocycles. The van der Waals surface area contributed by atoms with Crippen molar-refractivity contribution in [2.75, 3.05) is 11.9 Å². The highest BCUT2D eigenvalue weighted by Gasteiger charge is 2.18. The fraction of sp³-hybridized carbons (Fsp3) is 0.0833. The zero-order chi connectivity index (χ0) is 21.3. The van der Waals surface area contributed by atoms with E-state index in [2.05, 4.69) is 17.2 Å². The fourth-order valence-electron chi connectivity index (χ4n) is 2.76. The van der Waals surface area contributed by atoms with Crippen molar-refractivity contribution in [1.82, 2.24) is 5.32 Å². The first-order valence-electron chi connectivity index (χ1n) is 9.33. The van der Waals surface area contributed by atoms with Crippen LogP contribution in [0.1, 0.15) is 27.5 Å². The molecule has 1 atom stereocenters. The van der Waals surface area contributed by atoms with E-state index in [1.807, 2.05) is 42.5 Å². The van der Waals surface area contributed by atoms with E-state index in [9.17, 15) is 9.59 Å². The van der Waals surface area contributed by atoms with Crippen LogP contribution in [-0.4, -0.2) is 18.6 Å². The molecule has 152 valence electrons. The number of ether oxygens (including phenoxy) is 1. The summed E-state index contributed by atoms with van der Waals surface area (Å²) < 4.78 is 5.36. The summed E-state index contributed by atoms with van der Waals surface area (Å²) in [7, 11) is 0. The van der Waals surface area contributed by atoms with Gasteiger partial charge in [0, 0.05) is 16.3 Å².